The van der Waals surface area contributed by atoms with Crippen LogP contribution in [0.3, 0.4) is 0 Å². The summed E-state index contributed by atoms with van der Waals surface area (Å²) in [5, 5.41) is 2.87. The van der Waals surface area contributed by atoms with Crippen LogP contribution in [0.2, 0.25) is 0 Å². The molecular weight excluding hydrogens is 612 g/mol. The third kappa shape index (κ3) is 8.50. The fourth-order valence-electron chi connectivity index (χ4n) is 6.92. The van der Waals surface area contributed by atoms with Gasteiger partial charge in [0.25, 0.3) is 0 Å². The van der Waals surface area contributed by atoms with Crippen molar-refractivity contribution in [1.29, 1.82) is 0 Å². The first kappa shape index (κ1) is 35.7. The summed E-state index contributed by atoms with van der Waals surface area (Å²) < 4.78 is 24.2. The molecule has 0 spiro atoms. The zero-order valence-corrected chi connectivity index (χ0v) is 30.0. The second kappa shape index (κ2) is 14.5. The van der Waals surface area contributed by atoms with Crippen molar-refractivity contribution in [2.45, 2.75) is 137 Å². The van der Waals surface area contributed by atoms with Crippen molar-refractivity contribution in [2.24, 2.45) is 17.3 Å². The number of carbonyl (C=O) groups is 3. The number of benzene rings is 1. The predicted octanol–water partition coefficient (Wildman–Crippen LogP) is 6.39. The van der Waals surface area contributed by atoms with E-state index in [0.29, 0.717) is 42.5 Å². The van der Waals surface area contributed by atoms with Crippen LogP contribution in [-0.4, -0.2) is 75.9 Å². The maximum atomic E-state index is 14.5. The van der Waals surface area contributed by atoms with Crippen molar-refractivity contribution < 1.29 is 33.3 Å². The lowest BCUT2D eigenvalue weighted by atomic mass is 9.85. The quantitative estimate of drug-likeness (QED) is 0.369. The first-order valence-electron chi connectivity index (χ1n) is 17.8. The number of alkyl carbamates (subject to hydrolysis) is 1. The van der Waals surface area contributed by atoms with Crippen LogP contribution in [0.4, 0.5) is 4.79 Å². The van der Waals surface area contributed by atoms with Crippen molar-refractivity contribution >= 4 is 29.0 Å². The molecule has 2 fully saturated rings. The molecule has 11 heteroatoms. The Morgan fingerprint density at radius 3 is 2.42 bits per heavy atom. The van der Waals surface area contributed by atoms with Crippen LogP contribution < -0.4 is 14.8 Å². The first-order valence-corrected chi connectivity index (χ1v) is 17.8. The molecular formula is C37H54N4O7. The molecule has 1 N–H and O–H groups in total. The monoisotopic (exact) mass is 666 g/mol. The highest BCUT2D eigenvalue weighted by molar-refractivity contribution is 5.91. The van der Waals surface area contributed by atoms with Gasteiger partial charge in [0.1, 0.15) is 41.3 Å². The molecule has 0 radical (unpaired) electrons. The van der Waals surface area contributed by atoms with E-state index in [1.54, 1.807) is 4.90 Å². The first-order chi connectivity index (χ1) is 22.7. The van der Waals surface area contributed by atoms with E-state index in [9.17, 15) is 14.4 Å². The van der Waals surface area contributed by atoms with Gasteiger partial charge in [-0.1, -0.05) is 47.0 Å². The molecule has 1 aromatic heterocycles. The van der Waals surface area contributed by atoms with Gasteiger partial charge in [0.15, 0.2) is 0 Å². The lowest BCUT2D eigenvalue weighted by Crippen LogP contribution is -2.58. The van der Waals surface area contributed by atoms with E-state index < -0.39 is 47.2 Å². The van der Waals surface area contributed by atoms with Gasteiger partial charge in [0, 0.05) is 12.0 Å². The molecule has 1 aromatic carbocycles. The third-order valence-corrected chi connectivity index (χ3v) is 9.47. The van der Waals surface area contributed by atoms with Crippen molar-refractivity contribution in [1.82, 2.24) is 20.2 Å². The molecule has 3 aliphatic rings. The lowest BCUT2D eigenvalue weighted by molar-refractivity contribution is -0.165. The van der Waals surface area contributed by atoms with Crippen molar-refractivity contribution in [2.75, 3.05) is 13.2 Å². The number of fused-ring (bicyclic) bond motifs is 5. The standard InChI is InChI=1S/C37H54N4O7/c1-9-24-29-21-41(30(24)34(43)48-37(6,7)8)33(42)31(36(3,4)5)40-35(44)47-28-19-22(28)15-13-11-12-14-16-26-32(46-29)39-27-20-23(45-10-2)17-18-25(27)38-26/h17-18,20,22,24,28-31H,9-16,19,21H2,1-8H3,(H,40,44)/t22-,24-,28-,29+,30+,31-/m1/s1. The van der Waals surface area contributed by atoms with Gasteiger partial charge < -0.3 is 29.2 Å². The van der Waals surface area contributed by atoms with Gasteiger partial charge in [-0.05, 0) is 83.3 Å². The number of nitrogens with one attached hydrogen (secondary N) is 1. The molecule has 48 heavy (non-hydrogen) atoms. The molecule has 1 saturated carbocycles. The number of esters is 1. The summed E-state index contributed by atoms with van der Waals surface area (Å²) in [6, 6.07) is 3.81. The maximum absolute atomic E-state index is 14.5. The summed E-state index contributed by atoms with van der Waals surface area (Å²) >= 11 is 0. The highest BCUT2D eigenvalue weighted by Crippen LogP contribution is 2.39. The average molecular weight is 667 g/mol. The number of carbonyl (C=O) groups excluding carboxylic acids is 3. The summed E-state index contributed by atoms with van der Waals surface area (Å²) in [5.41, 5.74) is 0.718. The van der Waals surface area contributed by atoms with Gasteiger partial charge in [0.2, 0.25) is 11.8 Å². The van der Waals surface area contributed by atoms with Crippen LogP contribution in [0.5, 0.6) is 11.6 Å². The minimum Gasteiger partial charge on any atom is -0.494 e. The second-order valence-electron chi connectivity index (χ2n) is 15.6. The van der Waals surface area contributed by atoms with E-state index in [1.165, 1.54) is 0 Å². The van der Waals surface area contributed by atoms with Gasteiger partial charge in [-0.15, -0.1) is 0 Å². The number of aromatic nitrogens is 2. The molecule has 3 heterocycles. The normalized spacial score (nSPS) is 27.3. The van der Waals surface area contributed by atoms with Gasteiger partial charge in [-0.3, -0.25) is 4.79 Å². The Hall–Kier alpha value is -3.63. The topological polar surface area (TPSA) is 129 Å². The summed E-state index contributed by atoms with van der Waals surface area (Å²) in [5.74, 6) is 0.172. The summed E-state index contributed by atoms with van der Waals surface area (Å²) in [6.07, 6.45) is 5.83. The summed E-state index contributed by atoms with van der Waals surface area (Å²) in [7, 11) is 0. The summed E-state index contributed by atoms with van der Waals surface area (Å²) in [4.78, 5) is 53.1. The molecule has 2 aliphatic heterocycles. The largest absolute Gasteiger partial charge is 0.494 e. The molecule has 2 bridgehead atoms. The zero-order valence-electron chi connectivity index (χ0n) is 30.0. The van der Waals surface area contributed by atoms with Crippen molar-refractivity contribution in [3.8, 4) is 11.6 Å². The van der Waals surface area contributed by atoms with Crippen molar-refractivity contribution in [3.05, 3.63) is 23.9 Å². The molecule has 2 amide bonds. The average Bonchev–Trinajstić information content (AvgIpc) is 3.62. The SMILES string of the molecule is CCOc1ccc2nc3c(nc2c1)O[C@H]1CN(C(=O)[C@H](C(C)(C)C)NC(=O)O[C@@H]2C[C@H]2CCCCCC3)[C@H](C(=O)OC(C)(C)C)[C@@H]1CC. The number of amides is 2. The van der Waals surface area contributed by atoms with E-state index in [2.05, 4.69) is 5.32 Å². The van der Waals surface area contributed by atoms with Crippen LogP contribution in [0.1, 0.15) is 106 Å². The minimum absolute atomic E-state index is 0.118. The predicted molar refractivity (Wildman–Crippen MR) is 182 cm³/mol. The fraction of sp³-hybridized carbons (Fsp3) is 0.703. The van der Waals surface area contributed by atoms with E-state index in [4.69, 9.17) is 28.9 Å². The Morgan fingerprint density at radius 2 is 1.73 bits per heavy atom. The van der Waals surface area contributed by atoms with Gasteiger partial charge in [-0.25, -0.2) is 19.6 Å². The Balaban J connectivity index is 1.56. The van der Waals surface area contributed by atoms with Crippen molar-refractivity contribution in [3.63, 3.8) is 0 Å². The minimum atomic E-state index is -0.946. The lowest BCUT2D eigenvalue weighted by Gasteiger charge is -2.36. The van der Waals surface area contributed by atoms with Crippen LogP contribution in [0, 0.1) is 17.3 Å². The summed E-state index contributed by atoms with van der Waals surface area (Å²) in [6.45, 7) is 15.7. The highest BCUT2D eigenvalue weighted by atomic mass is 16.6. The Bertz CT molecular complexity index is 1480. The maximum Gasteiger partial charge on any atom is 0.408 e. The van der Waals surface area contributed by atoms with E-state index in [-0.39, 0.29) is 18.6 Å². The number of aryl methyl sites for hydroxylation is 1. The van der Waals surface area contributed by atoms with E-state index in [1.807, 2.05) is 73.6 Å². The van der Waals surface area contributed by atoms with Gasteiger partial charge in [-0.2, -0.15) is 0 Å². The number of hydrogen-bond donors (Lipinski definition) is 1. The second-order valence-corrected chi connectivity index (χ2v) is 15.6. The van der Waals surface area contributed by atoms with Crippen LogP contribution >= 0.6 is 0 Å². The number of nitrogens with zero attached hydrogens (tertiary/aromatic N) is 3. The molecule has 0 unspecified atom stereocenters. The van der Waals surface area contributed by atoms with Gasteiger partial charge in [0.05, 0.1) is 24.2 Å². The van der Waals surface area contributed by atoms with Crippen LogP contribution in [0.25, 0.3) is 11.0 Å². The molecule has 6 atom stereocenters. The van der Waals surface area contributed by atoms with Crippen LogP contribution in [-0.2, 0) is 25.5 Å². The number of hydrogen-bond acceptors (Lipinski definition) is 9. The number of ether oxygens (including phenoxy) is 4. The smallest absolute Gasteiger partial charge is 0.408 e. The molecule has 1 aliphatic carbocycles. The van der Waals surface area contributed by atoms with E-state index >= 15 is 0 Å². The molecule has 1 saturated heterocycles. The third-order valence-electron chi connectivity index (χ3n) is 9.47. The molecule has 5 rings (SSSR count). The zero-order chi connectivity index (χ0) is 34.8. The molecule has 264 valence electrons. The Morgan fingerprint density at radius 1 is 0.979 bits per heavy atom. The van der Waals surface area contributed by atoms with Gasteiger partial charge >= 0.3 is 12.1 Å². The highest BCUT2D eigenvalue weighted by Gasteiger charge is 2.53. The van der Waals surface area contributed by atoms with Crippen LogP contribution in [0.15, 0.2) is 18.2 Å². The van der Waals surface area contributed by atoms with E-state index in [0.717, 1.165) is 49.7 Å². The molecule has 2 aromatic rings. The Labute approximate surface area is 284 Å². The Kier molecular flexibility index (Phi) is 10.7. The fourth-order valence-corrected chi connectivity index (χ4v) is 6.92. The number of rotatable bonds is 4. The molecule has 11 nitrogen and oxygen atoms in total.